The highest BCUT2D eigenvalue weighted by Crippen LogP contribution is 2.39. The molecule has 1 aliphatic heterocycles. The van der Waals surface area contributed by atoms with Crippen molar-refractivity contribution >= 4 is 5.97 Å². The number of hydrogen-bond acceptors (Lipinski definition) is 5. The van der Waals surface area contributed by atoms with Crippen LogP contribution in [-0.4, -0.2) is 47.5 Å². The van der Waals surface area contributed by atoms with Crippen LogP contribution in [0.2, 0.25) is 0 Å². The Balaban J connectivity index is 2.17. The second kappa shape index (κ2) is 6.64. The zero-order valence-electron chi connectivity index (χ0n) is 11.4. The van der Waals surface area contributed by atoms with Crippen LogP contribution in [0.4, 0.5) is 13.2 Å². The van der Waals surface area contributed by atoms with Crippen molar-refractivity contribution in [2.75, 3.05) is 6.61 Å². The number of ether oxygens (including phenoxy) is 2. The van der Waals surface area contributed by atoms with Crippen LogP contribution in [0.3, 0.4) is 0 Å². The number of benzene rings is 1. The van der Waals surface area contributed by atoms with Gasteiger partial charge in [-0.3, -0.25) is 0 Å². The molecule has 8 heteroatoms. The maximum atomic E-state index is 13.1. The summed E-state index contributed by atoms with van der Waals surface area (Å²) in [6, 6.07) is 7.48. The lowest BCUT2D eigenvalue weighted by Gasteiger charge is -2.39. The normalized spacial score (nSPS) is 29.1. The van der Waals surface area contributed by atoms with Gasteiger partial charge in [0.15, 0.2) is 12.4 Å². The summed E-state index contributed by atoms with van der Waals surface area (Å²) in [5.41, 5.74) is 0.0694. The molecule has 0 unspecified atom stereocenters. The molecule has 0 aliphatic carbocycles. The average Bonchev–Trinajstić information content (AvgIpc) is 2.48. The quantitative estimate of drug-likeness (QED) is 0.825. The summed E-state index contributed by atoms with van der Waals surface area (Å²) in [4.78, 5) is 11.9. The molecule has 0 radical (unpaired) electrons. The molecular weight excluding hydrogens is 305 g/mol. The zero-order valence-corrected chi connectivity index (χ0v) is 11.4. The molecule has 5 nitrogen and oxygen atoms in total. The summed E-state index contributed by atoms with van der Waals surface area (Å²) in [5.74, 6) is -3.09. The molecule has 2 rings (SSSR count). The van der Waals surface area contributed by atoms with Crippen molar-refractivity contribution in [2.45, 2.75) is 31.1 Å². The van der Waals surface area contributed by atoms with Crippen LogP contribution in [-0.2, 0) is 9.47 Å². The fourth-order valence-corrected chi connectivity index (χ4v) is 2.29. The first-order chi connectivity index (χ1) is 10.3. The van der Waals surface area contributed by atoms with E-state index in [1.165, 1.54) is 24.3 Å². The minimum atomic E-state index is -4.69. The van der Waals surface area contributed by atoms with Gasteiger partial charge in [0, 0.05) is 0 Å². The van der Waals surface area contributed by atoms with Crippen LogP contribution in [0, 0.1) is 5.92 Å². The third-order valence-corrected chi connectivity index (χ3v) is 3.40. The Morgan fingerprint density at radius 3 is 2.50 bits per heavy atom. The largest absolute Gasteiger partial charge is 0.453 e. The fraction of sp³-hybridized carbons (Fsp3) is 0.500. The standard InChI is InChI=1S/C14H15F3O5/c15-14(16,17)10-6-9(7-18)21-13(20)11(10)22-12(19)8-4-2-1-3-5-8/h1-5,9-11,13,18,20H,6-7H2/t9-,10-,11+,13-/m0/s1. The third kappa shape index (κ3) is 3.76. The van der Waals surface area contributed by atoms with Gasteiger partial charge < -0.3 is 19.7 Å². The Labute approximate surface area is 124 Å². The minimum Gasteiger partial charge on any atom is -0.453 e. The van der Waals surface area contributed by atoms with Crippen molar-refractivity contribution < 1.29 is 37.7 Å². The molecule has 0 amide bonds. The van der Waals surface area contributed by atoms with E-state index in [1.54, 1.807) is 6.07 Å². The van der Waals surface area contributed by atoms with E-state index < -0.39 is 49.6 Å². The van der Waals surface area contributed by atoms with E-state index in [4.69, 9.17) is 14.6 Å². The van der Waals surface area contributed by atoms with Crippen molar-refractivity contribution in [3.05, 3.63) is 35.9 Å². The first-order valence-electron chi connectivity index (χ1n) is 6.60. The second-order valence-electron chi connectivity index (χ2n) is 4.95. The lowest BCUT2D eigenvalue weighted by molar-refractivity contribution is -0.295. The number of aliphatic hydroxyl groups excluding tert-OH is 2. The van der Waals surface area contributed by atoms with Gasteiger partial charge in [0.05, 0.1) is 24.2 Å². The molecule has 1 fully saturated rings. The number of carbonyl (C=O) groups excluding carboxylic acids is 1. The zero-order chi connectivity index (χ0) is 16.3. The average molecular weight is 320 g/mol. The van der Waals surface area contributed by atoms with E-state index in [0.717, 1.165) is 0 Å². The van der Waals surface area contributed by atoms with E-state index in [-0.39, 0.29) is 5.56 Å². The van der Waals surface area contributed by atoms with Gasteiger partial charge in [-0.2, -0.15) is 13.2 Å². The highest BCUT2D eigenvalue weighted by atomic mass is 19.4. The number of aliphatic hydroxyl groups is 2. The lowest BCUT2D eigenvalue weighted by atomic mass is 9.91. The molecule has 1 heterocycles. The van der Waals surface area contributed by atoms with Gasteiger partial charge in [0.1, 0.15) is 0 Å². The van der Waals surface area contributed by atoms with Crippen molar-refractivity contribution in [1.82, 2.24) is 0 Å². The highest BCUT2D eigenvalue weighted by Gasteiger charge is 2.53. The number of rotatable bonds is 3. The number of alkyl halides is 3. The SMILES string of the molecule is O=C(O[C@H]1[C@@H](O)O[C@H](CO)C[C@@H]1C(F)(F)F)c1ccccc1. The monoisotopic (exact) mass is 320 g/mol. The molecule has 2 N–H and O–H groups in total. The summed E-state index contributed by atoms with van der Waals surface area (Å²) in [6.45, 7) is -0.664. The molecule has 1 saturated heterocycles. The maximum absolute atomic E-state index is 13.1. The molecule has 1 aromatic carbocycles. The minimum absolute atomic E-state index is 0.0694. The number of hydrogen-bond donors (Lipinski definition) is 2. The molecule has 0 aromatic heterocycles. The summed E-state index contributed by atoms with van der Waals surface area (Å²) in [7, 11) is 0. The Morgan fingerprint density at radius 2 is 1.95 bits per heavy atom. The van der Waals surface area contributed by atoms with E-state index in [2.05, 4.69) is 0 Å². The van der Waals surface area contributed by atoms with Crippen molar-refractivity contribution in [3.63, 3.8) is 0 Å². The number of carbonyl (C=O) groups is 1. The highest BCUT2D eigenvalue weighted by molar-refractivity contribution is 5.89. The molecule has 0 saturated carbocycles. The Morgan fingerprint density at radius 1 is 1.32 bits per heavy atom. The van der Waals surface area contributed by atoms with Crippen LogP contribution in [0.25, 0.3) is 0 Å². The van der Waals surface area contributed by atoms with Gasteiger partial charge in [0.2, 0.25) is 0 Å². The number of halogens is 3. The van der Waals surface area contributed by atoms with Crippen LogP contribution in [0.5, 0.6) is 0 Å². The third-order valence-electron chi connectivity index (χ3n) is 3.40. The van der Waals surface area contributed by atoms with E-state index >= 15 is 0 Å². The van der Waals surface area contributed by atoms with Crippen molar-refractivity contribution in [3.8, 4) is 0 Å². The molecule has 22 heavy (non-hydrogen) atoms. The predicted molar refractivity (Wildman–Crippen MR) is 67.8 cm³/mol. The molecule has 1 aliphatic rings. The summed E-state index contributed by atoms with van der Waals surface area (Å²) < 4.78 is 48.9. The fourth-order valence-electron chi connectivity index (χ4n) is 2.29. The summed E-state index contributed by atoms with van der Waals surface area (Å²) in [6.07, 6.45) is -10.3. The number of esters is 1. The predicted octanol–water partition coefficient (Wildman–Crippen LogP) is 1.49. The molecule has 0 spiro atoms. The van der Waals surface area contributed by atoms with Crippen molar-refractivity contribution in [1.29, 1.82) is 0 Å². The van der Waals surface area contributed by atoms with Gasteiger partial charge in [-0.1, -0.05) is 18.2 Å². The molecule has 1 aromatic rings. The lowest BCUT2D eigenvalue weighted by Crippen LogP contribution is -2.53. The van der Waals surface area contributed by atoms with E-state index in [0.29, 0.717) is 0 Å². The van der Waals surface area contributed by atoms with Gasteiger partial charge in [-0.05, 0) is 18.6 Å². The molecule has 4 atom stereocenters. The Bertz CT molecular complexity index is 505. The van der Waals surface area contributed by atoms with Crippen molar-refractivity contribution in [2.24, 2.45) is 5.92 Å². The molecular formula is C14H15F3O5. The molecule has 0 bridgehead atoms. The topological polar surface area (TPSA) is 76.0 Å². The summed E-state index contributed by atoms with van der Waals surface area (Å²) >= 11 is 0. The van der Waals surface area contributed by atoms with Crippen LogP contribution >= 0.6 is 0 Å². The van der Waals surface area contributed by atoms with Gasteiger partial charge >= 0.3 is 12.1 Å². The van der Waals surface area contributed by atoms with E-state index in [1.807, 2.05) is 0 Å². The van der Waals surface area contributed by atoms with Crippen LogP contribution in [0.1, 0.15) is 16.8 Å². The smallest absolute Gasteiger partial charge is 0.395 e. The first-order valence-corrected chi connectivity index (χ1v) is 6.60. The van der Waals surface area contributed by atoms with Crippen LogP contribution < -0.4 is 0 Å². The van der Waals surface area contributed by atoms with Crippen LogP contribution in [0.15, 0.2) is 30.3 Å². The Hall–Kier alpha value is -1.64. The van der Waals surface area contributed by atoms with Gasteiger partial charge in [-0.15, -0.1) is 0 Å². The van der Waals surface area contributed by atoms with E-state index in [9.17, 15) is 23.1 Å². The maximum Gasteiger partial charge on any atom is 0.395 e. The van der Waals surface area contributed by atoms with Gasteiger partial charge in [0.25, 0.3) is 0 Å². The first kappa shape index (κ1) is 16.7. The Kier molecular flexibility index (Phi) is 5.05. The summed E-state index contributed by atoms with van der Waals surface area (Å²) in [5, 5.41) is 18.6. The molecule has 122 valence electrons. The van der Waals surface area contributed by atoms with Gasteiger partial charge in [-0.25, -0.2) is 4.79 Å². The second-order valence-corrected chi connectivity index (χ2v) is 4.95.